The largest absolute Gasteiger partial charge is 0.422 e. The monoisotopic (exact) mass is 340 g/mol. The van der Waals surface area contributed by atoms with Gasteiger partial charge < -0.3 is 15.5 Å². The molecule has 0 unspecified atom stereocenters. The third kappa shape index (κ3) is 3.24. The lowest BCUT2D eigenvalue weighted by Gasteiger charge is -2.11. The number of hydrogen-bond acceptors (Lipinski definition) is 4. The van der Waals surface area contributed by atoms with Gasteiger partial charge in [0.2, 0.25) is 0 Å². The summed E-state index contributed by atoms with van der Waals surface area (Å²) in [5.74, 6) is -1.51. The number of nitrogens with one attached hydrogen (secondary N) is 1. The Morgan fingerprint density at radius 2 is 1.96 bits per heavy atom. The molecule has 0 saturated heterocycles. The van der Waals surface area contributed by atoms with E-state index in [1.807, 2.05) is 26.0 Å². The fourth-order valence-corrected chi connectivity index (χ4v) is 2.69. The normalized spacial score (nSPS) is 10.8. The van der Waals surface area contributed by atoms with Crippen molar-refractivity contribution in [2.24, 2.45) is 5.73 Å². The van der Waals surface area contributed by atoms with Crippen LogP contribution in [-0.4, -0.2) is 5.91 Å². The van der Waals surface area contributed by atoms with E-state index in [0.717, 1.165) is 22.1 Å². The molecule has 0 aliphatic rings. The maximum absolute atomic E-state index is 13.8. The zero-order valence-electron chi connectivity index (χ0n) is 13.9. The van der Waals surface area contributed by atoms with E-state index in [1.54, 1.807) is 6.07 Å². The van der Waals surface area contributed by atoms with Crippen molar-refractivity contribution in [1.29, 1.82) is 0 Å². The Labute approximate surface area is 143 Å². The van der Waals surface area contributed by atoms with Crippen molar-refractivity contribution in [3.8, 4) is 0 Å². The van der Waals surface area contributed by atoms with E-state index in [0.29, 0.717) is 17.8 Å². The third-order valence-electron chi connectivity index (χ3n) is 4.23. The fraction of sp³-hybridized carbons (Fsp3) is 0.158. The summed E-state index contributed by atoms with van der Waals surface area (Å²) in [6.07, 6.45) is 0. The van der Waals surface area contributed by atoms with Crippen molar-refractivity contribution in [3.05, 3.63) is 74.9 Å². The number of anilines is 1. The van der Waals surface area contributed by atoms with Crippen LogP contribution in [0.2, 0.25) is 0 Å². The highest BCUT2D eigenvalue weighted by Crippen LogP contribution is 2.24. The van der Waals surface area contributed by atoms with Crippen LogP contribution in [0.3, 0.4) is 0 Å². The van der Waals surface area contributed by atoms with Crippen LogP contribution in [0, 0.1) is 19.7 Å². The van der Waals surface area contributed by atoms with Gasteiger partial charge in [0, 0.05) is 23.7 Å². The van der Waals surface area contributed by atoms with Crippen LogP contribution in [0.5, 0.6) is 0 Å². The Hall–Kier alpha value is -3.15. The quantitative estimate of drug-likeness (QED) is 0.714. The SMILES string of the molecule is Cc1ccc2c(CNc3ccc(C(N)=O)c(F)c3)cc(=O)oc2c1C. The summed E-state index contributed by atoms with van der Waals surface area (Å²) >= 11 is 0. The molecule has 0 atom stereocenters. The molecule has 3 rings (SSSR count). The van der Waals surface area contributed by atoms with Crippen LogP contribution in [0.1, 0.15) is 27.0 Å². The van der Waals surface area contributed by atoms with E-state index < -0.39 is 17.3 Å². The molecule has 0 aliphatic heterocycles. The molecule has 1 heterocycles. The van der Waals surface area contributed by atoms with Gasteiger partial charge in [-0.2, -0.15) is 0 Å². The lowest BCUT2D eigenvalue weighted by Crippen LogP contribution is -2.13. The Balaban J connectivity index is 1.94. The van der Waals surface area contributed by atoms with E-state index >= 15 is 0 Å². The number of rotatable bonds is 4. The molecular formula is C19H17FN2O3. The van der Waals surface area contributed by atoms with Gasteiger partial charge in [0.25, 0.3) is 5.91 Å². The molecule has 0 bridgehead atoms. The Kier molecular flexibility index (Phi) is 4.27. The van der Waals surface area contributed by atoms with Gasteiger partial charge in [0.05, 0.1) is 5.56 Å². The van der Waals surface area contributed by atoms with Crippen molar-refractivity contribution in [2.45, 2.75) is 20.4 Å². The minimum absolute atomic E-state index is 0.164. The first-order chi connectivity index (χ1) is 11.9. The van der Waals surface area contributed by atoms with Crippen LogP contribution in [0.4, 0.5) is 10.1 Å². The molecule has 128 valence electrons. The number of fused-ring (bicyclic) bond motifs is 1. The zero-order valence-corrected chi connectivity index (χ0v) is 13.9. The van der Waals surface area contributed by atoms with Gasteiger partial charge in [0.1, 0.15) is 11.4 Å². The molecule has 3 N–H and O–H groups in total. The highest BCUT2D eigenvalue weighted by Gasteiger charge is 2.11. The predicted octanol–water partition coefficient (Wildman–Crippen LogP) is 3.26. The Morgan fingerprint density at radius 3 is 2.64 bits per heavy atom. The van der Waals surface area contributed by atoms with Crippen LogP contribution in [-0.2, 0) is 6.54 Å². The van der Waals surface area contributed by atoms with Crippen LogP contribution < -0.4 is 16.7 Å². The van der Waals surface area contributed by atoms with Crippen molar-refractivity contribution in [1.82, 2.24) is 0 Å². The van der Waals surface area contributed by atoms with Crippen LogP contribution >= 0.6 is 0 Å². The summed E-state index contributed by atoms with van der Waals surface area (Å²) < 4.78 is 19.2. The summed E-state index contributed by atoms with van der Waals surface area (Å²) in [5, 5.41) is 3.87. The lowest BCUT2D eigenvalue weighted by molar-refractivity contribution is 0.0996. The summed E-state index contributed by atoms with van der Waals surface area (Å²) in [4.78, 5) is 22.9. The van der Waals surface area contributed by atoms with E-state index in [9.17, 15) is 14.0 Å². The molecule has 5 nitrogen and oxygen atoms in total. The summed E-state index contributed by atoms with van der Waals surface area (Å²) in [6.45, 7) is 4.15. The number of carbonyl (C=O) groups is 1. The third-order valence-corrected chi connectivity index (χ3v) is 4.23. The van der Waals surface area contributed by atoms with E-state index in [4.69, 9.17) is 10.2 Å². The lowest BCUT2D eigenvalue weighted by atomic mass is 10.0. The molecular weight excluding hydrogens is 323 g/mol. The van der Waals surface area contributed by atoms with Gasteiger partial charge in [-0.05, 0) is 48.7 Å². The highest BCUT2D eigenvalue weighted by molar-refractivity contribution is 5.93. The van der Waals surface area contributed by atoms with Gasteiger partial charge in [-0.3, -0.25) is 4.79 Å². The number of halogens is 1. The van der Waals surface area contributed by atoms with E-state index in [-0.39, 0.29) is 5.56 Å². The van der Waals surface area contributed by atoms with Gasteiger partial charge in [-0.25, -0.2) is 9.18 Å². The van der Waals surface area contributed by atoms with Crippen LogP contribution in [0.15, 0.2) is 45.6 Å². The number of primary amides is 1. The number of hydrogen-bond donors (Lipinski definition) is 2. The number of aryl methyl sites for hydroxylation is 2. The summed E-state index contributed by atoms with van der Waals surface area (Å²) in [5.41, 5.74) is 8.21. The average molecular weight is 340 g/mol. The van der Waals surface area contributed by atoms with Gasteiger partial charge in [-0.15, -0.1) is 0 Å². The number of benzene rings is 2. The maximum atomic E-state index is 13.8. The highest BCUT2D eigenvalue weighted by atomic mass is 19.1. The standard InChI is InChI=1S/C19H17FN2O3/c1-10-3-5-14-12(7-17(23)25-18(14)11(10)2)9-22-13-4-6-15(19(21)24)16(20)8-13/h3-8,22H,9H2,1-2H3,(H2,21,24). The Morgan fingerprint density at radius 1 is 1.20 bits per heavy atom. The number of nitrogens with two attached hydrogens (primary N) is 1. The molecule has 25 heavy (non-hydrogen) atoms. The second-order valence-corrected chi connectivity index (χ2v) is 5.89. The molecule has 1 aromatic heterocycles. The van der Waals surface area contributed by atoms with Gasteiger partial charge in [-0.1, -0.05) is 12.1 Å². The molecule has 2 aromatic carbocycles. The van der Waals surface area contributed by atoms with Crippen molar-refractivity contribution < 1.29 is 13.6 Å². The average Bonchev–Trinajstić information content (AvgIpc) is 2.56. The van der Waals surface area contributed by atoms with E-state index in [1.165, 1.54) is 18.2 Å². The molecule has 0 aliphatic carbocycles. The smallest absolute Gasteiger partial charge is 0.336 e. The predicted molar refractivity (Wildman–Crippen MR) is 94.2 cm³/mol. The Bertz CT molecular complexity index is 1040. The second-order valence-electron chi connectivity index (χ2n) is 5.89. The summed E-state index contributed by atoms with van der Waals surface area (Å²) in [7, 11) is 0. The molecule has 0 spiro atoms. The molecule has 0 fully saturated rings. The molecule has 0 radical (unpaired) electrons. The minimum Gasteiger partial charge on any atom is -0.422 e. The molecule has 0 saturated carbocycles. The summed E-state index contributed by atoms with van der Waals surface area (Å²) in [6, 6.07) is 9.36. The van der Waals surface area contributed by atoms with Crippen molar-refractivity contribution in [2.75, 3.05) is 5.32 Å². The van der Waals surface area contributed by atoms with Crippen molar-refractivity contribution >= 4 is 22.6 Å². The van der Waals surface area contributed by atoms with Crippen molar-refractivity contribution in [3.63, 3.8) is 0 Å². The zero-order chi connectivity index (χ0) is 18.1. The number of amides is 1. The fourth-order valence-electron chi connectivity index (χ4n) is 2.69. The van der Waals surface area contributed by atoms with Gasteiger partial charge in [0.15, 0.2) is 0 Å². The van der Waals surface area contributed by atoms with E-state index in [2.05, 4.69) is 5.32 Å². The first kappa shape index (κ1) is 16.7. The molecule has 6 heteroatoms. The van der Waals surface area contributed by atoms with Crippen LogP contribution in [0.25, 0.3) is 11.0 Å². The molecule has 1 amide bonds. The first-order valence-electron chi connectivity index (χ1n) is 7.73. The maximum Gasteiger partial charge on any atom is 0.336 e. The number of carbonyl (C=O) groups excluding carboxylic acids is 1. The molecule has 3 aromatic rings. The second kappa shape index (κ2) is 6.39. The topological polar surface area (TPSA) is 85.3 Å². The first-order valence-corrected chi connectivity index (χ1v) is 7.73. The van der Waals surface area contributed by atoms with Gasteiger partial charge >= 0.3 is 5.63 Å². The minimum atomic E-state index is -0.818.